The van der Waals surface area contributed by atoms with E-state index in [-0.39, 0.29) is 6.10 Å². The van der Waals surface area contributed by atoms with Crippen LogP contribution in [0.3, 0.4) is 0 Å². The monoisotopic (exact) mass is 402 g/mol. The van der Waals surface area contributed by atoms with Gasteiger partial charge in [-0.25, -0.2) is 9.97 Å². The van der Waals surface area contributed by atoms with Crippen LogP contribution >= 0.6 is 0 Å². The lowest BCUT2D eigenvalue weighted by molar-refractivity contribution is 0.174. The number of hydrogen-bond donors (Lipinski definition) is 0. The van der Waals surface area contributed by atoms with Crippen LogP contribution in [0.4, 0.5) is 0 Å². The Morgan fingerprint density at radius 3 is 1.83 bits per heavy atom. The summed E-state index contributed by atoms with van der Waals surface area (Å²) in [6.07, 6.45) is 2.54. The summed E-state index contributed by atoms with van der Waals surface area (Å²) in [6.45, 7) is 10.5. The summed E-state index contributed by atoms with van der Waals surface area (Å²) in [5.41, 5.74) is 3.40. The topological polar surface area (TPSA) is 62.7 Å². The highest BCUT2D eigenvalue weighted by Crippen LogP contribution is 2.43. The van der Waals surface area contributed by atoms with E-state index < -0.39 is 0 Å². The van der Waals surface area contributed by atoms with Gasteiger partial charge in [0.1, 0.15) is 23.3 Å². The molecule has 0 saturated carbocycles. The molecule has 0 fully saturated rings. The van der Waals surface area contributed by atoms with Gasteiger partial charge in [-0.05, 0) is 42.9 Å². The first-order valence-corrected chi connectivity index (χ1v) is 10.3. The predicted molar refractivity (Wildman–Crippen MR) is 116 cm³/mol. The Hall–Kier alpha value is -2.50. The molecule has 0 unspecified atom stereocenters. The highest BCUT2D eigenvalue weighted by Gasteiger charge is 2.24. The summed E-state index contributed by atoms with van der Waals surface area (Å²) in [5.74, 6) is 2.54. The average molecular weight is 403 g/mol. The summed E-state index contributed by atoms with van der Waals surface area (Å²) >= 11 is 0. The molecule has 0 atom stereocenters. The van der Waals surface area contributed by atoms with Crippen molar-refractivity contribution in [3.05, 3.63) is 23.4 Å². The minimum atomic E-state index is 0.0724. The summed E-state index contributed by atoms with van der Waals surface area (Å²) in [6, 6.07) is 4.06. The first-order valence-electron chi connectivity index (χ1n) is 10.3. The largest absolute Gasteiger partial charge is 0.496 e. The molecule has 0 N–H and O–H groups in total. The zero-order chi connectivity index (χ0) is 21.6. The van der Waals surface area contributed by atoms with Gasteiger partial charge < -0.3 is 18.9 Å². The Bertz CT molecular complexity index is 792. The van der Waals surface area contributed by atoms with Crippen molar-refractivity contribution in [2.75, 3.05) is 21.3 Å². The highest BCUT2D eigenvalue weighted by atomic mass is 16.5. The van der Waals surface area contributed by atoms with Gasteiger partial charge >= 0.3 is 0 Å². The lowest BCUT2D eigenvalue weighted by atomic mass is 9.97. The van der Waals surface area contributed by atoms with Crippen molar-refractivity contribution >= 4 is 0 Å². The maximum atomic E-state index is 6.07. The molecule has 160 valence electrons. The van der Waals surface area contributed by atoms with Crippen LogP contribution in [0.5, 0.6) is 23.3 Å². The molecule has 1 aromatic heterocycles. The molecule has 2 rings (SSSR count). The molecular formula is C23H34N2O4. The van der Waals surface area contributed by atoms with E-state index in [1.165, 1.54) is 0 Å². The Labute approximate surface area is 174 Å². The fourth-order valence-electron chi connectivity index (χ4n) is 3.21. The molecule has 0 aliphatic rings. The third-order valence-electron chi connectivity index (χ3n) is 5.05. The van der Waals surface area contributed by atoms with Gasteiger partial charge in [-0.15, -0.1) is 0 Å². The lowest BCUT2D eigenvalue weighted by Gasteiger charge is -2.20. The van der Waals surface area contributed by atoms with Gasteiger partial charge in [0.05, 0.1) is 32.6 Å². The van der Waals surface area contributed by atoms with E-state index in [4.69, 9.17) is 28.9 Å². The number of aromatic nitrogens is 2. The molecular weight excluding hydrogens is 368 g/mol. The maximum Gasteiger partial charge on any atom is 0.278 e. The number of methoxy groups -OCH3 is 3. The second kappa shape index (κ2) is 10.3. The molecule has 1 heterocycles. The lowest BCUT2D eigenvalue weighted by Crippen LogP contribution is -2.16. The smallest absolute Gasteiger partial charge is 0.278 e. The molecule has 0 saturated heterocycles. The number of aryl methyl sites for hydroxylation is 1. The van der Waals surface area contributed by atoms with E-state index in [9.17, 15) is 0 Å². The molecule has 0 spiro atoms. The molecule has 6 nitrogen and oxygen atoms in total. The molecule has 0 amide bonds. The van der Waals surface area contributed by atoms with Gasteiger partial charge in [-0.1, -0.05) is 34.6 Å². The fourth-order valence-corrected chi connectivity index (χ4v) is 3.21. The van der Waals surface area contributed by atoms with E-state index in [2.05, 4.69) is 27.7 Å². The van der Waals surface area contributed by atoms with Crippen LogP contribution in [0, 0.1) is 0 Å². The minimum Gasteiger partial charge on any atom is -0.496 e. The summed E-state index contributed by atoms with van der Waals surface area (Å²) < 4.78 is 23.0. The van der Waals surface area contributed by atoms with Crippen molar-refractivity contribution in [2.24, 2.45) is 0 Å². The first kappa shape index (κ1) is 22.8. The third-order valence-corrected chi connectivity index (χ3v) is 5.05. The van der Waals surface area contributed by atoms with Gasteiger partial charge in [0.25, 0.3) is 11.8 Å². The van der Waals surface area contributed by atoms with Crippen LogP contribution in [0.2, 0.25) is 0 Å². The second-order valence-electron chi connectivity index (χ2n) is 7.20. The number of ether oxygens (including phenoxy) is 4. The molecule has 0 radical (unpaired) electrons. The Kier molecular flexibility index (Phi) is 8.11. The van der Waals surface area contributed by atoms with Crippen LogP contribution in [-0.4, -0.2) is 37.4 Å². The fraction of sp³-hybridized carbons (Fsp3) is 0.565. The molecule has 0 bridgehead atoms. The van der Waals surface area contributed by atoms with Crippen molar-refractivity contribution < 1.29 is 18.9 Å². The van der Waals surface area contributed by atoms with Gasteiger partial charge in [0, 0.05) is 0 Å². The van der Waals surface area contributed by atoms with E-state index in [1.807, 2.05) is 19.1 Å². The zero-order valence-corrected chi connectivity index (χ0v) is 19.0. The van der Waals surface area contributed by atoms with E-state index in [0.29, 0.717) is 41.3 Å². The van der Waals surface area contributed by atoms with Crippen LogP contribution in [-0.2, 0) is 6.42 Å². The predicted octanol–water partition coefficient (Wildman–Crippen LogP) is 5.42. The van der Waals surface area contributed by atoms with E-state index in [1.54, 1.807) is 21.3 Å². The van der Waals surface area contributed by atoms with Crippen LogP contribution in [0.1, 0.15) is 64.6 Å². The van der Waals surface area contributed by atoms with E-state index in [0.717, 1.165) is 29.7 Å². The van der Waals surface area contributed by atoms with Gasteiger partial charge in [-0.3, -0.25) is 0 Å². The van der Waals surface area contributed by atoms with Crippen molar-refractivity contribution in [3.63, 3.8) is 0 Å². The van der Waals surface area contributed by atoms with Crippen molar-refractivity contribution in [2.45, 2.75) is 65.9 Å². The number of nitrogens with zero attached hydrogens (tertiary/aromatic N) is 2. The molecule has 2 aromatic rings. The Balaban J connectivity index is 2.71. The zero-order valence-electron chi connectivity index (χ0n) is 19.0. The summed E-state index contributed by atoms with van der Waals surface area (Å²) in [5, 5.41) is 0. The first-order chi connectivity index (χ1) is 13.9. The molecule has 0 aliphatic heterocycles. The van der Waals surface area contributed by atoms with Crippen molar-refractivity contribution in [1.82, 2.24) is 9.97 Å². The third kappa shape index (κ3) is 4.92. The number of benzene rings is 1. The van der Waals surface area contributed by atoms with Gasteiger partial charge in [0.15, 0.2) is 0 Å². The van der Waals surface area contributed by atoms with Crippen LogP contribution in [0.25, 0.3) is 11.3 Å². The SMILES string of the molecule is CCc1nc(OC(CC)CC)c(OC)nc1-c1c(OC)cc(C(C)C)cc1OC. The number of hydrogen-bond acceptors (Lipinski definition) is 6. The summed E-state index contributed by atoms with van der Waals surface area (Å²) in [4.78, 5) is 9.54. The normalized spacial score (nSPS) is 11.1. The van der Waals surface area contributed by atoms with Crippen molar-refractivity contribution in [3.8, 4) is 34.5 Å². The number of rotatable bonds is 10. The van der Waals surface area contributed by atoms with Crippen LogP contribution < -0.4 is 18.9 Å². The Morgan fingerprint density at radius 2 is 1.41 bits per heavy atom. The Morgan fingerprint density at radius 1 is 0.828 bits per heavy atom. The molecule has 0 aliphatic carbocycles. The molecule has 6 heteroatoms. The molecule has 1 aromatic carbocycles. The van der Waals surface area contributed by atoms with E-state index >= 15 is 0 Å². The van der Waals surface area contributed by atoms with Crippen molar-refractivity contribution in [1.29, 1.82) is 0 Å². The quantitative estimate of drug-likeness (QED) is 0.528. The van der Waals surface area contributed by atoms with Gasteiger partial charge in [-0.2, -0.15) is 0 Å². The van der Waals surface area contributed by atoms with Gasteiger partial charge in [0.2, 0.25) is 0 Å². The van der Waals surface area contributed by atoms with Crippen LogP contribution in [0.15, 0.2) is 12.1 Å². The highest BCUT2D eigenvalue weighted by molar-refractivity contribution is 5.77. The molecule has 29 heavy (non-hydrogen) atoms. The standard InChI is InChI=1S/C23H34N2O4/c1-9-16(10-2)29-23-22(28-8)25-21(17(11-3)24-23)20-18(26-6)12-15(14(4)5)13-19(20)27-7/h12-14,16H,9-11H2,1-8H3. The maximum absolute atomic E-state index is 6.07. The minimum absolute atomic E-state index is 0.0724. The summed E-state index contributed by atoms with van der Waals surface area (Å²) in [7, 11) is 4.89. The average Bonchev–Trinajstić information content (AvgIpc) is 2.75. The second-order valence-corrected chi connectivity index (χ2v) is 7.20.